The first-order chi connectivity index (χ1) is 11.3. The van der Waals surface area contributed by atoms with E-state index in [4.69, 9.17) is 9.47 Å². The molecule has 2 aromatic heterocycles. The summed E-state index contributed by atoms with van der Waals surface area (Å²) in [5.41, 5.74) is -0.0606. The normalized spacial score (nSPS) is 28.3. The average Bonchev–Trinajstić information content (AvgIpc) is 3.19. The molecule has 4 heterocycles. The molecule has 2 saturated heterocycles. The standard InChI is InChI=1S/C17H21N3O2S/c1-2-6-18-15(4-1)22-14-10-17(21-12-14)5-3-8-20(13-17)11-16-19-7-9-23-16/h1-2,4,6-7,9,14H,3,5,8,10-13H2/t14-,17-/m0/s1. The summed E-state index contributed by atoms with van der Waals surface area (Å²) >= 11 is 1.72. The second kappa shape index (κ2) is 6.55. The van der Waals surface area contributed by atoms with Gasteiger partial charge in [-0.1, -0.05) is 6.07 Å². The smallest absolute Gasteiger partial charge is 0.213 e. The molecule has 0 aromatic carbocycles. The van der Waals surface area contributed by atoms with Crippen molar-refractivity contribution in [2.24, 2.45) is 0 Å². The lowest BCUT2D eigenvalue weighted by Crippen LogP contribution is -2.47. The fourth-order valence-corrected chi connectivity index (χ4v) is 4.26. The number of hydrogen-bond donors (Lipinski definition) is 0. The van der Waals surface area contributed by atoms with Gasteiger partial charge in [0, 0.05) is 36.8 Å². The number of nitrogens with zero attached hydrogens (tertiary/aromatic N) is 3. The van der Waals surface area contributed by atoms with Gasteiger partial charge in [0.15, 0.2) is 0 Å². The van der Waals surface area contributed by atoms with Gasteiger partial charge in [0.25, 0.3) is 0 Å². The molecule has 0 aliphatic carbocycles. The second-order valence-electron chi connectivity index (χ2n) is 6.35. The lowest BCUT2D eigenvalue weighted by atomic mass is 9.89. The van der Waals surface area contributed by atoms with Gasteiger partial charge in [-0.25, -0.2) is 9.97 Å². The molecule has 0 unspecified atom stereocenters. The third-order valence-corrected chi connectivity index (χ3v) is 5.33. The molecule has 1 spiro atoms. The van der Waals surface area contributed by atoms with E-state index in [9.17, 15) is 0 Å². The average molecular weight is 331 g/mol. The first-order valence-electron chi connectivity index (χ1n) is 8.14. The molecule has 2 fully saturated rings. The maximum Gasteiger partial charge on any atom is 0.213 e. The number of likely N-dealkylation sites (tertiary alicyclic amines) is 1. The van der Waals surface area contributed by atoms with Crippen molar-refractivity contribution in [3.63, 3.8) is 0 Å². The summed E-state index contributed by atoms with van der Waals surface area (Å²) < 4.78 is 12.2. The molecule has 5 nitrogen and oxygen atoms in total. The van der Waals surface area contributed by atoms with E-state index in [1.165, 1.54) is 11.4 Å². The van der Waals surface area contributed by atoms with Crippen molar-refractivity contribution in [2.45, 2.75) is 37.5 Å². The minimum absolute atomic E-state index is 0.0606. The number of pyridine rings is 1. The van der Waals surface area contributed by atoms with E-state index in [1.54, 1.807) is 17.5 Å². The molecule has 0 radical (unpaired) electrons. The van der Waals surface area contributed by atoms with Crippen molar-refractivity contribution >= 4 is 11.3 Å². The molecule has 0 bridgehead atoms. The Balaban J connectivity index is 1.37. The molecule has 2 aliphatic heterocycles. The minimum Gasteiger partial charge on any atom is -0.472 e. The Morgan fingerprint density at radius 3 is 3.17 bits per heavy atom. The number of aromatic nitrogens is 2. The van der Waals surface area contributed by atoms with Crippen LogP contribution in [0.5, 0.6) is 5.88 Å². The maximum atomic E-state index is 6.20. The quantitative estimate of drug-likeness (QED) is 0.862. The molecule has 4 rings (SSSR count). The maximum absolute atomic E-state index is 6.20. The second-order valence-corrected chi connectivity index (χ2v) is 7.33. The first-order valence-corrected chi connectivity index (χ1v) is 9.02. The largest absolute Gasteiger partial charge is 0.472 e. The topological polar surface area (TPSA) is 47.5 Å². The summed E-state index contributed by atoms with van der Waals surface area (Å²) in [7, 11) is 0. The molecule has 122 valence electrons. The Bertz CT molecular complexity index is 622. The van der Waals surface area contributed by atoms with E-state index in [-0.39, 0.29) is 11.7 Å². The van der Waals surface area contributed by atoms with E-state index < -0.39 is 0 Å². The van der Waals surface area contributed by atoms with Crippen LogP contribution in [0.3, 0.4) is 0 Å². The number of thiazole rings is 1. The van der Waals surface area contributed by atoms with Crippen LogP contribution in [0, 0.1) is 0 Å². The van der Waals surface area contributed by atoms with Gasteiger partial charge in [0.05, 0.1) is 18.8 Å². The number of ether oxygens (including phenoxy) is 2. The SMILES string of the molecule is c1ccc(O[C@@H]2CO[C@@]3(CCCN(Cc4nccs4)C3)C2)nc1. The summed E-state index contributed by atoms with van der Waals surface area (Å²) in [5.74, 6) is 0.689. The van der Waals surface area contributed by atoms with E-state index in [2.05, 4.69) is 14.9 Å². The number of rotatable bonds is 4. The van der Waals surface area contributed by atoms with Gasteiger partial charge in [-0.05, 0) is 25.5 Å². The highest BCUT2D eigenvalue weighted by atomic mass is 32.1. The first kappa shape index (κ1) is 15.1. The van der Waals surface area contributed by atoms with Gasteiger partial charge in [-0.2, -0.15) is 0 Å². The monoisotopic (exact) mass is 331 g/mol. The van der Waals surface area contributed by atoms with E-state index >= 15 is 0 Å². The van der Waals surface area contributed by atoms with Crippen LogP contribution in [0.25, 0.3) is 0 Å². The van der Waals surface area contributed by atoms with Crippen molar-refractivity contribution in [3.8, 4) is 5.88 Å². The van der Waals surface area contributed by atoms with Gasteiger partial charge in [-0.15, -0.1) is 11.3 Å². The molecule has 0 amide bonds. The van der Waals surface area contributed by atoms with E-state index in [1.807, 2.05) is 29.8 Å². The zero-order chi connectivity index (χ0) is 15.5. The zero-order valence-corrected chi connectivity index (χ0v) is 13.9. The third-order valence-electron chi connectivity index (χ3n) is 4.56. The molecular weight excluding hydrogens is 310 g/mol. The Morgan fingerprint density at radius 2 is 2.35 bits per heavy atom. The highest BCUT2D eigenvalue weighted by Crippen LogP contribution is 2.36. The van der Waals surface area contributed by atoms with E-state index in [0.29, 0.717) is 12.5 Å². The highest BCUT2D eigenvalue weighted by molar-refractivity contribution is 7.09. The van der Waals surface area contributed by atoms with Gasteiger partial charge in [0.1, 0.15) is 11.1 Å². The van der Waals surface area contributed by atoms with Crippen molar-refractivity contribution < 1.29 is 9.47 Å². The van der Waals surface area contributed by atoms with Crippen molar-refractivity contribution in [2.75, 3.05) is 19.7 Å². The summed E-state index contributed by atoms with van der Waals surface area (Å²) in [5, 5.41) is 3.22. The minimum atomic E-state index is -0.0606. The molecule has 6 heteroatoms. The van der Waals surface area contributed by atoms with E-state index in [0.717, 1.165) is 32.5 Å². The Hall–Kier alpha value is -1.50. The van der Waals surface area contributed by atoms with Crippen LogP contribution in [0.1, 0.15) is 24.3 Å². The molecular formula is C17H21N3O2S. The summed E-state index contributed by atoms with van der Waals surface area (Å²) in [6.07, 6.45) is 6.97. The van der Waals surface area contributed by atoms with Crippen LogP contribution >= 0.6 is 11.3 Å². The Kier molecular flexibility index (Phi) is 4.29. The molecule has 2 aromatic rings. The predicted molar refractivity (Wildman–Crippen MR) is 88.6 cm³/mol. The number of piperidine rings is 1. The van der Waals surface area contributed by atoms with Crippen LogP contribution in [-0.2, 0) is 11.3 Å². The summed E-state index contributed by atoms with van der Waals surface area (Å²) in [4.78, 5) is 11.1. The molecule has 2 aliphatic rings. The molecule has 0 N–H and O–H groups in total. The summed E-state index contributed by atoms with van der Waals surface area (Å²) in [6.45, 7) is 3.67. The lowest BCUT2D eigenvalue weighted by Gasteiger charge is -2.39. The predicted octanol–water partition coefficient (Wildman–Crippen LogP) is 2.74. The summed E-state index contributed by atoms with van der Waals surface area (Å²) in [6, 6.07) is 5.75. The van der Waals surface area contributed by atoms with Crippen LogP contribution in [0.4, 0.5) is 0 Å². The van der Waals surface area contributed by atoms with Crippen LogP contribution in [-0.4, -0.2) is 46.3 Å². The van der Waals surface area contributed by atoms with Crippen LogP contribution < -0.4 is 4.74 Å². The Labute approximate surface area is 140 Å². The van der Waals surface area contributed by atoms with Crippen molar-refractivity contribution in [1.29, 1.82) is 0 Å². The van der Waals surface area contributed by atoms with Gasteiger partial charge in [-0.3, -0.25) is 4.90 Å². The van der Waals surface area contributed by atoms with Crippen LogP contribution in [0.15, 0.2) is 36.0 Å². The lowest BCUT2D eigenvalue weighted by molar-refractivity contribution is -0.0538. The van der Waals surface area contributed by atoms with Gasteiger partial charge in [0.2, 0.25) is 5.88 Å². The Morgan fingerprint density at radius 1 is 1.35 bits per heavy atom. The van der Waals surface area contributed by atoms with Gasteiger partial charge >= 0.3 is 0 Å². The van der Waals surface area contributed by atoms with Crippen LogP contribution in [0.2, 0.25) is 0 Å². The highest BCUT2D eigenvalue weighted by Gasteiger charge is 2.44. The molecule has 2 atom stereocenters. The van der Waals surface area contributed by atoms with Gasteiger partial charge < -0.3 is 9.47 Å². The molecule has 0 saturated carbocycles. The fourth-order valence-electron chi connectivity index (χ4n) is 3.60. The number of hydrogen-bond acceptors (Lipinski definition) is 6. The van der Waals surface area contributed by atoms with Crippen molar-refractivity contribution in [1.82, 2.24) is 14.9 Å². The zero-order valence-electron chi connectivity index (χ0n) is 13.1. The third kappa shape index (κ3) is 3.54. The molecule has 23 heavy (non-hydrogen) atoms. The fraction of sp³-hybridized carbons (Fsp3) is 0.529. The van der Waals surface area contributed by atoms with Crippen molar-refractivity contribution in [3.05, 3.63) is 41.0 Å².